The minimum Gasteiger partial charge on any atom is -0.379 e. The second kappa shape index (κ2) is 10.5. The van der Waals surface area contributed by atoms with Gasteiger partial charge in [-0.2, -0.15) is 0 Å². The zero-order chi connectivity index (χ0) is 21.9. The number of ether oxygens (including phenoxy) is 11. The molecule has 30 heavy (non-hydrogen) atoms. The molecule has 3 aliphatic rings. The average molecular weight is 438 g/mol. The molecular formula is C19H34O11. The fourth-order valence-corrected chi connectivity index (χ4v) is 4.57. The van der Waals surface area contributed by atoms with Gasteiger partial charge in [0, 0.05) is 49.8 Å². The summed E-state index contributed by atoms with van der Waals surface area (Å²) in [7, 11) is 10.9. The van der Waals surface area contributed by atoms with Crippen molar-refractivity contribution >= 4 is 0 Å². The van der Waals surface area contributed by atoms with Crippen LogP contribution in [0.4, 0.5) is 0 Å². The van der Waals surface area contributed by atoms with E-state index in [-0.39, 0.29) is 13.2 Å². The lowest BCUT2D eigenvalue weighted by atomic mass is 9.93. The van der Waals surface area contributed by atoms with Gasteiger partial charge in [0.15, 0.2) is 12.6 Å². The Balaban J connectivity index is 1.99. The molecule has 0 radical (unpaired) electrons. The Kier molecular flexibility index (Phi) is 8.43. The van der Waals surface area contributed by atoms with Crippen LogP contribution < -0.4 is 0 Å². The summed E-state index contributed by atoms with van der Waals surface area (Å²) < 4.78 is 64.3. The van der Waals surface area contributed by atoms with Crippen LogP contribution in [0.25, 0.3) is 0 Å². The maximum Gasteiger partial charge on any atom is 0.224 e. The third-order valence-electron chi connectivity index (χ3n) is 5.93. The van der Waals surface area contributed by atoms with Gasteiger partial charge in [0.25, 0.3) is 0 Å². The van der Waals surface area contributed by atoms with Gasteiger partial charge in [0.2, 0.25) is 5.79 Å². The lowest BCUT2D eigenvalue weighted by molar-refractivity contribution is -0.452. The van der Waals surface area contributed by atoms with Crippen LogP contribution in [-0.4, -0.2) is 124 Å². The molecule has 0 aromatic rings. The van der Waals surface area contributed by atoms with Crippen LogP contribution in [-0.2, 0) is 52.1 Å². The quantitative estimate of drug-likeness (QED) is 0.492. The fraction of sp³-hybridized carbons (Fsp3) is 1.00. The molecule has 176 valence electrons. The van der Waals surface area contributed by atoms with Gasteiger partial charge in [-0.15, -0.1) is 0 Å². The largest absolute Gasteiger partial charge is 0.379 e. The van der Waals surface area contributed by atoms with Crippen molar-refractivity contribution in [1.29, 1.82) is 0 Å². The van der Waals surface area contributed by atoms with E-state index < -0.39 is 61.1 Å². The molecule has 0 spiro atoms. The van der Waals surface area contributed by atoms with Gasteiger partial charge >= 0.3 is 0 Å². The summed E-state index contributed by atoms with van der Waals surface area (Å²) in [4.78, 5) is 0. The van der Waals surface area contributed by atoms with Crippen molar-refractivity contribution in [1.82, 2.24) is 0 Å². The Hall–Kier alpha value is -0.440. The average Bonchev–Trinajstić information content (AvgIpc) is 2.76. The lowest BCUT2D eigenvalue weighted by Crippen LogP contribution is -2.73. The summed E-state index contributed by atoms with van der Waals surface area (Å²) in [6.07, 6.45) is -5.43. The van der Waals surface area contributed by atoms with E-state index in [4.69, 9.17) is 52.1 Å². The Morgan fingerprint density at radius 2 is 1.40 bits per heavy atom. The van der Waals surface area contributed by atoms with Crippen molar-refractivity contribution in [2.75, 3.05) is 63.0 Å². The topological polar surface area (TPSA) is 102 Å². The molecule has 3 saturated heterocycles. The first-order chi connectivity index (χ1) is 14.5. The predicted molar refractivity (Wildman–Crippen MR) is 100.0 cm³/mol. The number of rotatable bonds is 8. The molecule has 0 unspecified atom stereocenters. The second-order valence-corrected chi connectivity index (χ2v) is 7.38. The number of hydrogen-bond acceptors (Lipinski definition) is 11. The van der Waals surface area contributed by atoms with Gasteiger partial charge < -0.3 is 52.1 Å². The molecule has 0 aromatic heterocycles. The van der Waals surface area contributed by atoms with Crippen molar-refractivity contribution in [3.05, 3.63) is 0 Å². The van der Waals surface area contributed by atoms with Crippen LogP contribution in [0.2, 0.25) is 0 Å². The van der Waals surface area contributed by atoms with Crippen molar-refractivity contribution in [2.24, 2.45) is 0 Å². The second-order valence-electron chi connectivity index (χ2n) is 7.38. The third-order valence-corrected chi connectivity index (χ3v) is 5.93. The predicted octanol–water partition coefficient (Wildman–Crippen LogP) is -0.453. The standard InChI is InChI=1S/C19H34O11/c1-20-9-19-16(25-6)13(22-3)15(24-5)18(30-19)29-11-10(8-27-19)28-17(26-7)14(23-4)12(11)21-2/h10-18H,8-9H2,1-7H3/t10-,11-,12+,13-,14-,15-,16+,17-,18+,19-/m1/s1. The van der Waals surface area contributed by atoms with Crippen LogP contribution in [0.3, 0.4) is 0 Å². The molecule has 0 aliphatic carbocycles. The molecule has 11 nitrogen and oxygen atoms in total. The maximum absolute atomic E-state index is 6.39. The molecule has 10 atom stereocenters. The van der Waals surface area contributed by atoms with E-state index in [2.05, 4.69) is 0 Å². The summed E-state index contributed by atoms with van der Waals surface area (Å²) in [5, 5.41) is 0. The fourth-order valence-electron chi connectivity index (χ4n) is 4.57. The Morgan fingerprint density at radius 3 is 1.93 bits per heavy atom. The van der Waals surface area contributed by atoms with Crippen LogP contribution in [0.1, 0.15) is 0 Å². The Morgan fingerprint density at radius 1 is 0.733 bits per heavy atom. The first-order valence-corrected chi connectivity index (χ1v) is 9.82. The molecule has 3 aliphatic heterocycles. The highest BCUT2D eigenvalue weighted by molar-refractivity contribution is 5.01. The van der Waals surface area contributed by atoms with E-state index in [1.165, 1.54) is 0 Å². The first-order valence-electron chi connectivity index (χ1n) is 9.82. The number of fused-ring (bicyclic) bond motifs is 3. The van der Waals surface area contributed by atoms with E-state index in [1.54, 1.807) is 49.8 Å². The molecular weight excluding hydrogens is 404 g/mol. The monoisotopic (exact) mass is 438 g/mol. The van der Waals surface area contributed by atoms with Gasteiger partial charge in [-0.05, 0) is 0 Å². The molecule has 0 amide bonds. The van der Waals surface area contributed by atoms with E-state index in [9.17, 15) is 0 Å². The summed E-state index contributed by atoms with van der Waals surface area (Å²) in [5.41, 5.74) is 0. The van der Waals surface area contributed by atoms with Crippen LogP contribution in [0, 0.1) is 0 Å². The van der Waals surface area contributed by atoms with Crippen molar-refractivity contribution < 1.29 is 52.1 Å². The molecule has 3 rings (SSSR count). The zero-order valence-corrected chi connectivity index (χ0v) is 18.6. The normalized spacial score (nSPS) is 46.7. The summed E-state index contributed by atoms with van der Waals surface area (Å²) in [5.74, 6) is -1.29. The van der Waals surface area contributed by atoms with Crippen LogP contribution >= 0.6 is 0 Å². The minimum absolute atomic E-state index is 0.0845. The van der Waals surface area contributed by atoms with Gasteiger partial charge in [-0.3, -0.25) is 0 Å². The zero-order valence-electron chi connectivity index (χ0n) is 18.6. The SMILES string of the molecule is COC[C@@]12OC[C@H]3O[C@@H](OC)[C@H](OC)[C@@H](OC)[C@@H]3O[C@@H](O1)[C@H](OC)[C@@H](OC)[C@@H]2OC. The minimum atomic E-state index is -1.29. The van der Waals surface area contributed by atoms with Crippen molar-refractivity contribution in [2.45, 2.75) is 61.1 Å². The van der Waals surface area contributed by atoms with E-state index in [1.807, 2.05) is 0 Å². The maximum atomic E-state index is 6.39. The lowest BCUT2D eigenvalue weighted by Gasteiger charge is -2.55. The third kappa shape index (κ3) is 4.14. The van der Waals surface area contributed by atoms with E-state index >= 15 is 0 Å². The summed E-state index contributed by atoms with van der Waals surface area (Å²) in [6.45, 7) is 0.200. The molecule has 3 heterocycles. The number of hydrogen-bond donors (Lipinski definition) is 0. The van der Waals surface area contributed by atoms with Crippen molar-refractivity contribution in [3.63, 3.8) is 0 Å². The highest BCUT2D eigenvalue weighted by atomic mass is 16.8. The molecule has 0 N–H and O–H groups in total. The van der Waals surface area contributed by atoms with Crippen LogP contribution in [0.15, 0.2) is 0 Å². The molecule has 0 aromatic carbocycles. The molecule has 0 saturated carbocycles. The number of methoxy groups -OCH3 is 7. The van der Waals surface area contributed by atoms with Crippen molar-refractivity contribution in [3.8, 4) is 0 Å². The highest BCUT2D eigenvalue weighted by Crippen LogP contribution is 2.41. The summed E-state index contributed by atoms with van der Waals surface area (Å²) >= 11 is 0. The molecule has 2 bridgehead atoms. The highest BCUT2D eigenvalue weighted by Gasteiger charge is 2.61. The van der Waals surface area contributed by atoms with Gasteiger partial charge in [-0.25, -0.2) is 0 Å². The van der Waals surface area contributed by atoms with Gasteiger partial charge in [-0.1, -0.05) is 0 Å². The Labute approximate surface area is 177 Å². The molecule has 11 heteroatoms. The smallest absolute Gasteiger partial charge is 0.224 e. The first kappa shape index (κ1) is 24.2. The van der Waals surface area contributed by atoms with Gasteiger partial charge in [0.05, 0.1) is 6.61 Å². The molecule has 3 fully saturated rings. The Bertz CT molecular complexity index is 537. The van der Waals surface area contributed by atoms with E-state index in [0.717, 1.165) is 0 Å². The van der Waals surface area contributed by atoms with E-state index in [0.29, 0.717) is 0 Å². The summed E-state index contributed by atoms with van der Waals surface area (Å²) in [6, 6.07) is 0. The van der Waals surface area contributed by atoms with Crippen LogP contribution in [0.5, 0.6) is 0 Å². The van der Waals surface area contributed by atoms with Gasteiger partial charge in [0.1, 0.15) is 49.3 Å².